The van der Waals surface area contributed by atoms with Gasteiger partial charge < -0.3 is 0 Å². The Kier molecular flexibility index (Phi) is 10.8. The topological polar surface area (TPSA) is 51.0 Å². The third-order valence-electron chi connectivity index (χ3n) is 7.36. The van der Waals surface area contributed by atoms with Crippen molar-refractivity contribution in [3.8, 4) is 0 Å². The van der Waals surface area contributed by atoms with E-state index in [0.29, 0.717) is 19.6 Å². The lowest BCUT2D eigenvalue weighted by molar-refractivity contribution is -0.113. The van der Waals surface area contributed by atoms with Gasteiger partial charge in [0.1, 0.15) is 0 Å². The summed E-state index contributed by atoms with van der Waals surface area (Å²) in [5.41, 5.74) is 7.45. The third-order valence-corrected chi connectivity index (χ3v) is 7.36. The highest BCUT2D eigenvalue weighted by Gasteiger charge is 2.27. The highest BCUT2D eigenvalue weighted by molar-refractivity contribution is 6.14. The van der Waals surface area contributed by atoms with Crippen molar-refractivity contribution in [2.24, 2.45) is 0 Å². The van der Waals surface area contributed by atoms with Gasteiger partial charge in [0.15, 0.2) is 5.78 Å². The summed E-state index contributed by atoms with van der Waals surface area (Å²) in [6, 6.07) is 17.3. The van der Waals surface area contributed by atoms with Crippen LogP contribution in [0.4, 0.5) is 0 Å². The third kappa shape index (κ3) is 8.59. The number of nitrogens with zero attached hydrogens (tertiary/aromatic N) is 4. The Hall–Kier alpha value is -3.31. The molecule has 0 saturated carbocycles. The zero-order chi connectivity index (χ0) is 27.5. The molecule has 0 atom stereocenters. The second-order valence-electron chi connectivity index (χ2n) is 10.8. The van der Waals surface area contributed by atoms with Crippen LogP contribution in [0.15, 0.2) is 65.9 Å². The number of unbranched alkanes of at least 4 members (excludes halogenated alkanes) is 3. The molecular formula is C34H44N4O. The molecule has 2 heterocycles. The maximum atomic E-state index is 13.7. The summed E-state index contributed by atoms with van der Waals surface area (Å²) in [4.78, 5) is 16.0. The van der Waals surface area contributed by atoms with E-state index in [1.54, 1.807) is 0 Å². The highest BCUT2D eigenvalue weighted by Crippen LogP contribution is 2.24. The molecule has 0 amide bonds. The quantitative estimate of drug-likeness (QED) is 0.220. The van der Waals surface area contributed by atoms with E-state index in [9.17, 15) is 4.79 Å². The minimum atomic E-state index is 0.142. The zero-order valence-corrected chi connectivity index (χ0v) is 24.0. The summed E-state index contributed by atoms with van der Waals surface area (Å²) < 4.78 is 1.93. The number of Topliss-reactive ketones (excluding diaryl/α,β-unsaturated/α-hetero) is 1. The van der Waals surface area contributed by atoms with Gasteiger partial charge in [-0.1, -0.05) is 93.8 Å². The van der Waals surface area contributed by atoms with E-state index >= 15 is 0 Å². The molecule has 0 bridgehead atoms. The van der Waals surface area contributed by atoms with Crippen molar-refractivity contribution in [2.75, 3.05) is 13.1 Å². The summed E-state index contributed by atoms with van der Waals surface area (Å²) in [6.45, 7) is 9.38. The molecule has 5 nitrogen and oxygen atoms in total. The highest BCUT2D eigenvalue weighted by atomic mass is 16.1. The largest absolute Gasteiger partial charge is 0.289 e. The number of aryl methyl sites for hydroxylation is 3. The van der Waals surface area contributed by atoms with Crippen LogP contribution in [0.25, 0.3) is 12.2 Å². The molecule has 0 aliphatic carbocycles. The normalized spacial score (nSPS) is 16.4. The first kappa shape index (κ1) is 28.7. The summed E-state index contributed by atoms with van der Waals surface area (Å²) in [6.07, 6.45) is 15.4. The van der Waals surface area contributed by atoms with E-state index in [2.05, 4.69) is 96.7 Å². The van der Waals surface area contributed by atoms with Gasteiger partial charge in [0, 0.05) is 43.5 Å². The molecule has 1 fully saturated rings. The maximum absolute atomic E-state index is 13.7. The number of benzene rings is 2. The molecule has 0 unspecified atom stereocenters. The second-order valence-corrected chi connectivity index (χ2v) is 10.8. The summed E-state index contributed by atoms with van der Waals surface area (Å²) >= 11 is 0. The average molecular weight is 525 g/mol. The number of carbonyl (C=O) groups excluding carboxylic acids is 1. The lowest BCUT2D eigenvalue weighted by Crippen LogP contribution is -2.37. The minimum Gasteiger partial charge on any atom is -0.289 e. The van der Waals surface area contributed by atoms with Crippen LogP contribution in [-0.2, 0) is 30.7 Å². The van der Waals surface area contributed by atoms with Crippen LogP contribution in [-0.4, -0.2) is 38.8 Å². The van der Waals surface area contributed by atoms with E-state index in [-0.39, 0.29) is 5.78 Å². The van der Waals surface area contributed by atoms with Gasteiger partial charge in [-0.25, -0.2) is 0 Å². The Morgan fingerprint density at radius 3 is 1.74 bits per heavy atom. The Labute approximate surface area is 234 Å². The van der Waals surface area contributed by atoms with Crippen LogP contribution in [0, 0.1) is 0 Å². The Morgan fingerprint density at radius 1 is 0.744 bits per heavy atom. The number of piperidine rings is 1. The molecule has 0 N–H and O–H groups in total. The van der Waals surface area contributed by atoms with Crippen molar-refractivity contribution < 1.29 is 4.79 Å². The molecular weight excluding hydrogens is 480 g/mol. The molecule has 4 rings (SSSR count). The molecule has 1 aromatic heterocycles. The molecule has 0 radical (unpaired) electrons. The van der Waals surface area contributed by atoms with E-state index < -0.39 is 0 Å². The van der Waals surface area contributed by atoms with Gasteiger partial charge in [0.25, 0.3) is 0 Å². The number of carbonyl (C=O) groups is 1. The molecule has 3 aromatic rings. The monoisotopic (exact) mass is 524 g/mol. The summed E-state index contributed by atoms with van der Waals surface area (Å²) in [5, 5.41) is 8.73. The van der Waals surface area contributed by atoms with Crippen molar-refractivity contribution in [1.29, 1.82) is 0 Å². The standard InChI is InChI=1S/C34H44N4O/c1-4-7-10-27-12-16-29(17-13-27)21-31-23-37(25-33-26-38(36-35-33)20-9-6-3)24-32(34(31)39)22-30-18-14-28(15-19-30)11-8-5-2/h12-19,21-22,26H,4-11,20,23-25H2,1-3H3. The molecule has 1 aliphatic heterocycles. The number of hydrogen-bond acceptors (Lipinski definition) is 4. The molecule has 39 heavy (non-hydrogen) atoms. The Morgan fingerprint density at radius 2 is 1.26 bits per heavy atom. The van der Waals surface area contributed by atoms with Gasteiger partial charge in [0.2, 0.25) is 0 Å². The zero-order valence-electron chi connectivity index (χ0n) is 24.0. The smallest absolute Gasteiger partial charge is 0.187 e. The van der Waals surface area contributed by atoms with Crippen LogP contribution in [0.2, 0.25) is 0 Å². The molecule has 0 spiro atoms. The van der Waals surface area contributed by atoms with Crippen LogP contribution in [0.1, 0.15) is 87.2 Å². The number of aromatic nitrogens is 3. The lowest BCUT2D eigenvalue weighted by Gasteiger charge is -2.29. The van der Waals surface area contributed by atoms with Crippen LogP contribution in [0.3, 0.4) is 0 Å². The van der Waals surface area contributed by atoms with Crippen molar-refractivity contribution in [2.45, 2.75) is 85.2 Å². The van der Waals surface area contributed by atoms with Gasteiger partial charge >= 0.3 is 0 Å². The summed E-state index contributed by atoms with van der Waals surface area (Å²) in [5.74, 6) is 0.142. The van der Waals surface area contributed by atoms with Gasteiger partial charge in [-0.2, -0.15) is 0 Å². The van der Waals surface area contributed by atoms with Gasteiger partial charge in [-0.3, -0.25) is 14.4 Å². The number of hydrogen-bond donors (Lipinski definition) is 0. The fourth-order valence-electron chi connectivity index (χ4n) is 5.02. The van der Waals surface area contributed by atoms with Crippen LogP contribution < -0.4 is 0 Å². The van der Waals surface area contributed by atoms with E-state index in [1.807, 2.05) is 10.9 Å². The van der Waals surface area contributed by atoms with Crippen molar-refractivity contribution in [1.82, 2.24) is 19.9 Å². The first-order valence-electron chi connectivity index (χ1n) is 14.8. The second kappa shape index (κ2) is 14.7. The first-order chi connectivity index (χ1) is 19.1. The average Bonchev–Trinajstić information content (AvgIpc) is 3.40. The van der Waals surface area contributed by atoms with E-state index in [1.165, 1.54) is 36.8 Å². The van der Waals surface area contributed by atoms with Gasteiger partial charge in [-0.05, 0) is 66.5 Å². The lowest BCUT2D eigenvalue weighted by atomic mass is 9.93. The van der Waals surface area contributed by atoms with Crippen LogP contribution >= 0.6 is 0 Å². The van der Waals surface area contributed by atoms with Gasteiger partial charge in [-0.15, -0.1) is 5.10 Å². The minimum absolute atomic E-state index is 0.142. The molecule has 2 aromatic carbocycles. The first-order valence-corrected chi connectivity index (χ1v) is 14.8. The fourth-order valence-corrected chi connectivity index (χ4v) is 5.02. The molecule has 1 saturated heterocycles. The number of ketones is 1. The SMILES string of the molecule is CCCCc1ccc(C=C2CN(Cc3cn(CCCC)nn3)CC(=Cc3ccc(CCCC)cc3)C2=O)cc1. The molecule has 206 valence electrons. The fraction of sp³-hybridized carbons (Fsp3) is 0.441. The van der Waals surface area contributed by atoms with E-state index in [4.69, 9.17) is 0 Å². The number of likely N-dealkylation sites (tertiary alicyclic amines) is 1. The molecule has 1 aliphatic rings. The van der Waals surface area contributed by atoms with Gasteiger partial charge in [0.05, 0.1) is 5.69 Å². The van der Waals surface area contributed by atoms with Crippen molar-refractivity contribution >= 4 is 17.9 Å². The van der Waals surface area contributed by atoms with Crippen molar-refractivity contribution in [3.63, 3.8) is 0 Å². The number of rotatable bonds is 13. The maximum Gasteiger partial charge on any atom is 0.187 e. The predicted molar refractivity (Wildman–Crippen MR) is 161 cm³/mol. The van der Waals surface area contributed by atoms with Crippen molar-refractivity contribution in [3.05, 3.63) is 93.8 Å². The Balaban J connectivity index is 1.57. The van der Waals surface area contributed by atoms with Crippen LogP contribution in [0.5, 0.6) is 0 Å². The van der Waals surface area contributed by atoms with E-state index in [0.717, 1.165) is 60.2 Å². The molecule has 5 heteroatoms. The predicted octanol–water partition coefficient (Wildman–Crippen LogP) is 7.32. The summed E-state index contributed by atoms with van der Waals surface area (Å²) in [7, 11) is 0. The Bertz CT molecular complexity index is 1180.